The number of alkyl carbamates (subject to hydrolysis) is 1. The molecule has 4 rings (SSSR count). The van der Waals surface area contributed by atoms with Gasteiger partial charge in [0.05, 0.1) is 6.61 Å². The Bertz CT molecular complexity index is 1370. The number of carboxylic acid groups (broad SMARTS) is 1. The monoisotopic (exact) mass is 561 g/mol. The van der Waals surface area contributed by atoms with Crippen LogP contribution in [-0.4, -0.2) is 77.8 Å². The molecule has 0 spiro atoms. The molecule has 2 aliphatic rings. The van der Waals surface area contributed by atoms with Gasteiger partial charge in [-0.15, -0.1) is 0 Å². The number of nitrogens with zero attached hydrogens (tertiary/aromatic N) is 2. The Labute approximate surface area is 227 Å². The zero-order valence-corrected chi connectivity index (χ0v) is 23.4. The zero-order chi connectivity index (χ0) is 28.5. The fraction of sp³-hybridized carbons (Fsp3) is 0.556. The summed E-state index contributed by atoms with van der Waals surface area (Å²) in [5.74, 6) is -2.05. The molecule has 11 nitrogen and oxygen atoms in total. The van der Waals surface area contributed by atoms with Crippen LogP contribution in [0.3, 0.4) is 0 Å². The highest BCUT2D eigenvalue weighted by Gasteiger charge is 2.55. The number of amides is 2. The number of hydrogen-bond acceptors (Lipinski definition) is 8. The molecule has 1 aromatic heterocycles. The predicted molar refractivity (Wildman–Crippen MR) is 143 cm³/mol. The number of rotatable bonds is 2. The lowest BCUT2D eigenvalue weighted by Gasteiger charge is -2.36. The Hall–Kier alpha value is -3.41. The standard InChI is InChI=1S/C27H35N3O8S/c1-27(2,3)21-23(31)30-19(25(32)33)15-20(24(30)39(4,35)36)38-22-18-14-16(9-10-17(18)11-12-28-22)8-6-5-7-13-37-26(34)29-21/h9-12,14,19-21,24H,5-8,13,15H2,1-4H3,(H,29,34)(H,32,33)/t19-,20+,21+,24?/m0/s1. The highest BCUT2D eigenvalue weighted by atomic mass is 32.2. The summed E-state index contributed by atoms with van der Waals surface area (Å²) < 4.78 is 37.7. The third-order valence-corrected chi connectivity index (χ3v) is 8.54. The number of benzene rings is 1. The minimum absolute atomic E-state index is 0.145. The second kappa shape index (κ2) is 11.0. The number of aliphatic carboxylic acids is 1. The van der Waals surface area contributed by atoms with Gasteiger partial charge in [-0.1, -0.05) is 32.9 Å². The van der Waals surface area contributed by atoms with Crippen LogP contribution in [0.2, 0.25) is 0 Å². The number of carbonyl (C=O) groups is 3. The lowest BCUT2D eigenvalue weighted by molar-refractivity contribution is -0.150. The molecule has 12 heteroatoms. The molecule has 0 saturated carbocycles. The highest BCUT2D eigenvalue weighted by molar-refractivity contribution is 7.91. The van der Waals surface area contributed by atoms with Crippen molar-refractivity contribution in [2.75, 3.05) is 12.9 Å². The van der Waals surface area contributed by atoms with Crippen molar-refractivity contribution in [2.45, 2.75) is 76.4 Å². The molecule has 3 heterocycles. The zero-order valence-electron chi connectivity index (χ0n) is 22.5. The molecule has 4 atom stereocenters. The van der Waals surface area contributed by atoms with Gasteiger partial charge in [0, 0.05) is 24.3 Å². The van der Waals surface area contributed by atoms with Gasteiger partial charge >= 0.3 is 12.1 Å². The van der Waals surface area contributed by atoms with E-state index in [0.29, 0.717) is 11.8 Å². The molecule has 2 amide bonds. The summed E-state index contributed by atoms with van der Waals surface area (Å²) in [5, 5.41) is 12.5. The summed E-state index contributed by atoms with van der Waals surface area (Å²) in [6.45, 7) is 5.21. The number of cyclic esters (lactones) is 1. The van der Waals surface area contributed by atoms with Gasteiger partial charge in [0.2, 0.25) is 11.8 Å². The number of carbonyl (C=O) groups excluding carboxylic acids is 2. The topological polar surface area (TPSA) is 152 Å². The molecule has 2 aliphatic heterocycles. The Morgan fingerprint density at radius 2 is 1.90 bits per heavy atom. The molecule has 1 saturated heterocycles. The first-order chi connectivity index (χ1) is 18.3. The molecule has 39 heavy (non-hydrogen) atoms. The van der Waals surface area contributed by atoms with E-state index in [2.05, 4.69) is 10.3 Å². The summed E-state index contributed by atoms with van der Waals surface area (Å²) in [4.78, 5) is 44.1. The van der Waals surface area contributed by atoms with Gasteiger partial charge < -0.3 is 24.8 Å². The smallest absolute Gasteiger partial charge is 0.407 e. The Morgan fingerprint density at radius 1 is 1.15 bits per heavy atom. The average Bonchev–Trinajstić information content (AvgIpc) is 3.23. The van der Waals surface area contributed by atoms with E-state index >= 15 is 0 Å². The van der Waals surface area contributed by atoms with Crippen molar-refractivity contribution in [3.8, 4) is 5.88 Å². The number of nitrogens with one attached hydrogen (secondary N) is 1. The fourth-order valence-electron chi connectivity index (χ4n) is 5.21. The number of aromatic nitrogens is 1. The van der Waals surface area contributed by atoms with Crippen molar-refractivity contribution in [1.29, 1.82) is 0 Å². The largest absolute Gasteiger partial charge is 0.480 e. The molecule has 1 unspecified atom stereocenters. The van der Waals surface area contributed by atoms with Crippen LogP contribution in [0.5, 0.6) is 5.88 Å². The van der Waals surface area contributed by atoms with Gasteiger partial charge in [-0.3, -0.25) is 4.79 Å². The molecule has 0 aliphatic carbocycles. The van der Waals surface area contributed by atoms with Gasteiger partial charge in [-0.2, -0.15) is 0 Å². The van der Waals surface area contributed by atoms with Crippen LogP contribution >= 0.6 is 0 Å². The van der Waals surface area contributed by atoms with Crippen molar-refractivity contribution in [3.05, 3.63) is 36.0 Å². The number of carboxylic acids is 1. The first-order valence-corrected chi connectivity index (χ1v) is 14.9. The second-order valence-electron chi connectivity index (χ2n) is 11.3. The number of sulfone groups is 1. The molecular formula is C27H35N3O8S. The average molecular weight is 562 g/mol. The quantitative estimate of drug-likeness (QED) is 0.564. The van der Waals surface area contributed by atoms with Gasteiger partial charge in [-0.25, -0.2) is 23.0 Å². The first-order valence-electron chi connectivity index (χ1n) is 13.0. The maximum atomic E-state index is 14.0. The van der Waals surface area contributed by atoms with E-state index in [1.165, 1.54) is 6.20 Å². The summed E-state index contributed by atoms with van der Waals surface area (Å²) in [7, 11) is -4.07. The van der Waals surface area contributed by atoms with Crippen LogP contribution in [0.1, 0.15) is 52.0 Å². The van der Waals surface area contributed by atoms with E-state index in [1.54, 1.807) is 20.8 Å². The molecular weight excluding hydrogens is 526 g/mol. The normalized spacial score (nSPS) is 25.4. The van der Waals surface area contributed by atoms with Crippen LogP contribution < -0.4 is 10.1 Å². The third-order valence-electron chi connectivity index (χ3n) is 7.14. The maximum Gasteiger partial charge on any atom is 0.407 e. The lowest BCUT2D eigenvalue weighted by atomic mass is 9.85. The van der Waals surface area contributed by atoms with E-state index in [-0.39, 0.29) is 18.9 Å². The lowest BCUT2D eigenvalue weighted by Crippen LogP contribution is -2.60. The SMILES string of the molecule is CC(C)(C)[C@@H]1NC(=O)OCCCCCc2ccc3ccnc(c3c2)O[C@@H]2C[C@@H](C(=O)O)N(C1=O)C2S(C)(=O)=O. The minimum atomic E-state index is -4.07. The molecule has 0 radical (unpaired) electrons. The summed E-state index contributed by atoms with van der Waals surface area (Å²) in [6, 6.07) is 4.91. The molecule has 1 fully saturated rings. The Kier molecular flexibility index (Phi) is 8.06. The number of aryl methyl sites for hydroxylation is 1. The van der Waals surface area contributed by atoms with Gasteiger partial charge in [0.15, 0.2) is 15.2 Å². The van der Waals surface area contributed by atoms with Crippen molar-refractivity contribution in [1.82, 2.24) is 15.2 Å². The van der Waals surface area contributed by atoms with Crippen LogP contribution in [0.25, 0.3) is 10.8 Å². The number of pyridine rings is 1. The third kappa shape index (κ3) is 6.26. The van der Waals surface area contributed by atoms with Crippen LogP contribution in [0.4, 0.5) is 4.79 Å². The Morgan fingerprint density at radius 3 is 2.56 bits per heavy atom. The number of fused-ring (bicyclic) bond motifs is 3. The highest BCUT2D eigenvalue weighted by Crippen LogP contribution is 2.36. The van der Waals surface area contributed by atoms with Gasteiger partial charge in [-0.05, 0) is 54.2 Å². The van der Waals surface area contributed by atoms with E-state index in [0.717, 1.165) is 41.4 Å². The maximum absolute atomic E-state index is 14.0. The van der Waals surface area contributed by atoms with Crippen molar-refractivity contribution >= 4 is 38.6 Å². The number of hydrogen-bond donors (Lipinski definition) is 2. The van der Waals surface area contributed by atoms with Crippen LogP contribution in [0, 0.1) is 5.41 Å². The van der Waals surface area contributed by atoms with Crippen LogP contribution in [-0.2, 0) is 30.6 Å². The second-order valence-corrected chi connectivity index (χ2v) is 13.4. The van der Waals surface area contributed by atoms with E-state index < -0.39 is 56.8 Å². The summed E-state index contributed by atoms with van der Waals surface area (Å²) >= 11 is 0. The van der Waals surface area contributed by atoms with Gasteiger partial charge in [0.1, 0.15) is 18.2 Å². The Balaban J connectivity index is 1.85. The van der Waals surface area contributed by atoms with Crippen molar-refractivity contribution in [3.63, 3.8) is 0 Å². The first kappa shape index (κ1) is 28.6. The molecule has 2 N–H and O–H groups in total. The molecule has 2 aromatic rings. The predicted octanol–water partition coefficient (Wildman–Crippen LogP) is 2.91. The van der Waals surface area contributed by atoms with Gasteiger partial charge in [0.25, 0.3) is 0 Å². The summed E-state index contributed by atoms with van der Waals surface area (Å²) in [5.41, 5.74) is 0.133. The van der Waals surface area contributed by atoms with E-state index in [9.17, 15) is 27.9 Å². The van der Waals surface area contributed by atoms with E-state index in [4.69, 9.17) is 9.47 Å². The molecule has 1 aromatic carbocycles. The fourth-order valence-corrected chi connectivity index (χ4v) is 6.59. The van der Waals surface area contributed by atoms with Crippen LogP contribution in [0.15, 0.2) is 30.5 Å². The van der Waals surface area contributed by atoms with Crippen molar-refractivity contribution < 1.29 is 37.4 Å². The van der Waals surface area contributed by atoms with Crippen molar-refractivity contribution in [2.24, 2.45) is 5.41 Å². The number of ether oxygens (including phenoxy) is 2. The molecule has 4 bridgehead atoms. The summed E-state index contributed by atoms with van der Waals surface area (Å²) in [6.07, 6.45) is 3.21. The van der Waals surface area contributed by atoms with E-state index in [1.807, 2.05) is 24.3 Å². The minimum Gasteiger partial charge on any atom is -0.480 e. The molecule has 212 valence electrons.